The number of hydrogen-bond donors (Lipinski definition) is 3. The quantitative estimate of drug-likeness (QED) is 0.537. The number of hydrogen-bond acceptors (Lipinski definition) is 7. The van der Waals surface area contributed by atoms with Crippen molar-refractivity contribution in [1.82, 2.24) is 15.5 Å². The van der Waals surface area contributed by atoms with Crippen LogP contribution in [0.25, 0.3) is 0 Å². The van der Waals surface area contributed by atoms with Crippen LogP contribution in [-0.4, -0.2) is 71.9 Å². The average Bonchev–Trinajstić information content (AvgIpc) is 3.71. The maximum Gasteiger partial charge on any atom is 0.255 e. The Hall–Kier alpha value is -2.46. The van der Waals surface area contributed by atoms with E-state index in [1.165, 1.54) is 31.2 Å². The normalized spacial score (nSPS) is 30.8. The molecule has 8 nitrogen and oxygen atoms in total. The zero-order valence-electron chi connectivity index (χ0n) is 22.3. The number of thiophene rings is 1. The molecule has 0 spiro atoms. The minimum absolute atomic E-state index is 0.0653. The molecule has 3 N–H and O–H groups in total. The van der Waals surface area contributed by atoms with Crippen molar-refractivity contribution in [3.05, 3.63) is 51.7 Å². The highest BCUT2D eigenvalue weighted by Crippen LogP contribution is 2.37. The summed E-state index contributed by atoms with van der Waals surface area (Å²) in [7, 11) is 0. The summed E-state index contributed by atoms with van der Waals surface area (Å²) in [6, 6.07) is 7.59. The molecule has 3 fully saturated rings. The molecule has 6 rings (SSSR count). The van der Waals surface area contributed by atoms with E-state index in [2.05, 4.69) is 39.1 Å². The first kappa shape index (κ1) is 26.7. The van der Waals surface area contributed by atoms with Gasteiger partial charge in [-0.2, -0.15) is 11.3 Å². The Morgan fingerprint density at radius 3 is 2.77 bits per heavy atom. The van der Waals surface area contributed by atoms with Crippen LogP contribution in [0.4, 0.5) is 0 Å². The Bertz CT molecular complexity index is 1150. The molecule has 3 aliphatic heterocycles. The van der Waals surface area contributed by atoms with Crippen LogP contribution in [-0.2, 0) is 16.1 Å². The zero-order chi connectivity index (χ0) is 26.8. The van der Waals surface area contributed by atoms with Gasteiger partial charge in [0.05, 0.1) is 30.4 Å². The summed E-state index contributed by atoms with van der Waals surface area (Å²) in [6.45, 7) is 1.92. The number of carbonyl (C=O) groups excluding carboxylic acids is 2. The number of amides is 2. The van der Waals surface area contributed by atoms with Crippen molar-refractivity contribution in [3.63, 3.8) is 0 Å². The van der Waals surface area contributed by atoms with E-state index < -0.39 is 12.2 Å². The summed E-state index contributed by atoms with van der Waals surface area (Å²) in [5.74, 6) is 0.899. The predicted octanol–water partition coefficient (Wildman–Crippen LogP) is 3.59. The maximum atomic E-state index is 13.6. The Morgan fingerprint density at radius 1 is 1.08 bits per heavy atom. The summed E-state index contributed by atoms with van der Waals surface area (Å²) >= 11 is 1.64. The number of nitrogens with one attached hydrogen (secondary N) is 2. The van der Waals surface area contributed by atoms with Gasteiger partial charge in [0, 0.05) is 32.1 Å². The molecule has 1 aromatic heterocycles. The van der Waals surface area contributed by atoms with Crippen LogP contribution in [0, 0.1) is 0 Å². The molecule has 39 heavy (non-hydrogen) atoms. The number of nitrogens with zero attached hydrogens (tertiary/aromatic N) is 1. The van der Waals surface area contributed by atoms with Gasteiger partial charge in [-0.05, 0) is 78.1 Å². The third-order valence-electron chi connectivity index (χ3n) is 8.84. The van der Waals surface area contributed by atoms with Gasteiger partial charge in [-0.25, -0.2) is 0 Å². The molecule has 1 saturated carbocycles. The second-order valence-electron chi connectivity index (χ2n) is 11.5. The number of aliphatic hydroxyl groups is 1. The lowest BCUT2D eigenvalue weighted by atomic mass is 9.95. The fourth-order valence-electron chi connectivity index (χ4n) is 6.66. The van der Waals surface area contributed by atoms with E-state index in [0.29, 0.717) is 56.2 Å². The van der Waals surface area contributed by atoms with Gasteiger partial charge < -0.3 is 25.2 Å². The van der Waals surface area contributed by atoms with Crippen LogP contribution in [0.15, 0.2) is 35.0 Å². The van der Waals surface area contributed by atoms with E-state index in [9.17, 15) is 14.7 Å². The SMILES string of the molecule is O=C1N[C@H]2C[C@@H](C(=O)NC[C@H]3O[C@H](CCOc4cc(C5CCCC5)ccc41)CC[C@@H]3O)N(Cc1ccsc1)C2. The summed E-state index contributed by atoms with van der Waals surface area (Å²) in [5.41, 5.74) is 2.94. The molecule has 5 atom stereocenters. The molecule has 0 radical (unpaired) electrons. The van der Waals surface area contributed by atoms with Crippen molar-refractivity contribution in [1.29, 1.82) is 0 Å². The summed E-state index contributed by atoms with van der Waals surface area (Å²) in [5, 5.41) is 21.0. The molecular formula is C30H39N3O5S. The molecule has 2 amide bonds. The van der Waals surface area contributed by atoms with Crippen molar-refractivity contribution in [2.24, 2.45) is 0 Å². The van der Waals surface area contributed by atoms with Crippen LogP contribution >= 0.6 is 11.3 Å². The molecule has 4 heterocycles. The number of likely N-dealkylation sites (tertiary alicyclic amines) is 1. The number of benzene rings is 1. The molecule has 210 valence electrons. The van der Waals surface area contributed by atoms with Crippen molar-refractivity contribution in [2.75, 3.05) is 19.7 Å². The molecule has 0 unspecified atom stereocenters. The first-order chi connectivity index (χ1) is 19.0. The van der Waals surface area contributed by atoms with E-state index in [-0.39, 0.29) is 36.5 Å². The second kappa shape index (κ2) is 12.0. The molecule has 4 bridgehead atoms. The molecule has 2 aromatic rings. The first-order valence-electron chi connectivity index (χ1n) is 14.5. The minimum atomic E-state index is -0.603. The largest absolute Gasteiger partial charge is 0.493 e. The highest BCUT2D eigenvalue weighted by molar-refractivity contribution is 7.07. The van der Waals surface area contributed by atoms with Gasteiger partial charge in [-0.1, -0.05) is 18.9 Å². The third-order valence-corrected chi connectivity index (χ3v) is 9.57. The summed E-state index contributed by atoms with van der Waals surface area (Å²) in [6.07, 6.45) is 6.28. The summed E-state index contributed by atoms with van der Waals surface area (Å²) < 4.78 is 12.5. The van der Waals surface area contributed by atoms with Crippen molar-refractivity contribution in [3.8, 4) is 5.75 Å². The number of fused-ring (bicyclic) bond motifs is 5. The average molecular weight is 554 g/mol. The number of aliphatic hydroxyl groups excluding tert-OH is 1. The van der Waals surface area contributed by atoms with Gasteiger partial charge in [-0.15, -0.1) is 0 Å². The fraction of sp³-hybridized carbons (Fsp3) is 0.600. The standard InChI is InChI=1S/C30H39N3O5S/c34-26-8-6-23-9-11-37-27-13-21(20-3-1-2-4-20)5-7-24(27)29(35)32-22-14-25(30(36)31-15-28(26)38-23)33(17-22)16-19-10-12-39-18-19/h5,7,10,12-13,18,20,22-23,25-26,28,34H,1-4,6,8-9,11,14-17H2,(H,31,36)(H,32,35)/t22-,23-,25-,26-,28+/m0/s1. The molecule has 4 aliphatic rings. The van der Waals surface area contributed by atoms with Gasteiger partial charge in [0.1, 0.15) is 11.9 Å². The summed E-state index contributed by atoms with van der Waals surface area (Å²) in [4.78, 5) is 29.1. The Labute approximate surface area is 234 Å². The monoisotopic (exact) mass is 553 g/mol. The Kier molecular flexibility index (Phi) is 8.20. The highest BCUT2D eigenvalue weighted by atomic mass is 32.1. The number of ether oxygens (including phenoxy) is 2. The lowest BCUT2D eigenvalue weighted by Crippen LogP contribution is -2.50. The zero-order valence-corrected chi connectivity index (χ0v) is 23.2. The van der Waals surface area contributed by atoms with Crippen molar-refractivity contribution in [2.45, 2.75) is 94.2 Å². The van der Waals surface area contributed by atoms with Crippen LogP contribution in [0.3, 0.4) is 0 Å². The van der Waals surface area contributed by atoms with Crippen LogP contribution in [0.2, 0.25) is 0 Å². The van der Waals surface area contributed by atoms with Gasteiger partial charge in [0.25, 0.3) is 5.91 Å². The minimum Gasteiger partial charge on any atom is -0.493 e. The molecule has 1 aromatic carbocycles. The van der Waals surface area contributed by atoms with E-state index in [0.717, 1.165) is 12.0 Å². The van der Waals surface area contributed by atoms with Crippen molar-refractivity contribution >= 4 is 23.2 Å². The third kappa shape index (κ3) is 6.16. The smallest absolute Gasteiger partial charge is 0.255 e. The number of rotatable bonds is 3. The van der Waals surface area contributed by atoms with E-state index in [1.807, 2.05) is 11.4 Å². The van der Waals surface area contributed by atoms with E-state index >= 15 is 0 Å². The van der Waals surface area contributed by atoms with Gasteiger partial charge in [0.15, 0.2) is 0 Å². The Balaban J connectivity index is 1.27. The maximum absolute atomic E-state index is 13.6. The highest BCUT2D eigenvalue weighted by Gasteiger charge is 2.39. The lowest BCUT2D eigenvalue weighted by molar-refractivity contribution is -0.133. The van der Waals surface area contributed by atoms with Crippen LogP contribution < -0.4 is 15.4 Å². The topological polar surface area (TPSA) is 100 Å². The van der Waals surface area contributed by atoms with Gasteiger partial charge in [-0.3, -0.25) is 14.5 Å². The first-order valence-corrected chi connectivity index (χ1v) is 15.4. The van der Waals surface area contributed by atoms with Gasteiger partial charge in [0.2, 0.25) is 5.91 Å². The van der Waals surface area contributed by atoms with E-state index in [4.69, 9.17) is 9.47 Å². The van der Waals surface area contributed by atoms with Crippen LogP contribution in [0.1, 0.15) is 78.8 Å². The molecular weight excluding hydrogens is 514 g/mol. The predicted molar refractivity (Wildman–Crippen MR) is 149 cm³/mol. The molecule has 1 aliphatic carbocycles. The lowest BCUT2D eigenvalue weighted by Gasteiger charge is -2.34. The number of carbonyl (C=O) groups is 2. The van der Waals surface area contributed by atoms with Crippen LogP contribution in [0.5, 0.6) is 5.75 Å². The molecule has 2 saturated heterocycles. The van der Waals surface area contributed by atoms with Crippen molar-refractivity contribution < 1.29 is 24.2 Å². The Morgan fingerprint density at radius 2 is 1.95 bits per heavy atom. The fourth-order valence-corrected chi connectivity index (χ4v) is 7.32. The van der Waals surface area contributed by atoms with Gasteiger partial charge >= 0.3 is 0 Å². The second-order valence-corrected chi connectivity index (χ2v) is 12.3. The molecule has 9 heteroatoms. The van der Waals surface area contributed by atoms with E-state index in [1.54, 1.807) is 11.3 Å².